The van der Waals surface area contributed by atoms with Gasteiger partial charge in [-0.3, -0.25) is 15.3 Å². The lowest BCUT2D eigenvalue weighted by atomic mass is 9.85. The molecule has 1 aliphatic rings. The van der Waals surface area contributed by atoms with Crippen molar-refractivity contribution in [2.75, 3.05) is 13.2 Å². The molecule has 2 aromatic rings. The number of aromatic nitrogens is 1. The van der Waals surface area contributed by atoms with Gasteiger partial charge in [-0.2, -0.15) is 5.10 Å². The predicted octanol–water partition coefficient (Wildman–Crippen LogP) is 3.53. The zero-order valence-electron chi connectivity index (χ0n) is 19.6. The van der Waals surface area contributed by atoms with Crippen LogP contribution >= 0.6 is 0 Å². The van der Waals surface area contributed by atoms with Gasteiger partial charge in [-0.1, -0.05) is 19.1 Å². The van der Waals surface area contributed by atoms with Crippen LogP contribution in [0.4, 0.5) is 13.6 Å². The van der Waals surface area contributed by atoms with Gasteiger partial charge in [-0.25, -0.2) is 13.6 Å². The summed E-state index contributed by atoms with van der Waals surface area (Å²) in [5.74, 6) is -2.87. The number of amides is 1. The van der Waals surface area contributed by atoms with E-state index in [9.17, 15) is 18.7 Å². The summed E-state index contributed by atoms with van der Waals surface area (Å²) in [6, 6.07) is 5.37. The molecule has 0 radical (unpaired) electrons. The van der Waals surface area contributed by atoms with E-state index >= 15 is 0 Å². The summed E-state index contributed by atoms with van der Waals surface area (Å²) in [6.45, 7) is 9.50. The number of ether oxygens (including phenoxy) is 1. The molecule has 7 nitrogen and oxygen atoms in total. The Morgan fingerprint density at radius 1 is 1.52 bits per heavy atom. The van der Waals surface area contributed by atoms with Crippen molar-refractivity contribution < 1.29 is 23.4 Å². The first-order valence-electron chi connectivity index (χ1n) is 11.0. The molecule has 0 fully saturated rings. The normalized spacial score (nSPS) is 22.4. The van der Waals surface area contributed by atoms with E-state index in [1.165, 1.54) is 4.90 Å². The summed E-state index contributed by atoms with van der Waals surface area (Å²) in [7, 11) is 0. The predicted molar refractivity (Wildman–Crippen MR) is 120 cm³/mol. The molecule has 33 heavy (non-hydrogen) atoms. The van der Waals surface area contributed by atoms with Gasteiger partial charge in [-0.15, -0.1) is 6.58 Å². The maximum atomic E-state index is 13.2. The van der Waals surface area contributed by atoms with Gasteiger partial charge >= 0.3 is 6.09 Å². The summed E-state index contributed by atoms with van der Waals surface area (Å²) in [5, 5.41) is 15.6. The number of aliphatic hydroxyl groups excluding tert-OH is 1. The minimum absolute atomic E-state index is 0.183. The Labute approximate surface area is 192 Å². The summed E-state index contributed by atoms with van der Waals surface area (Å²) < 4.78 is 31.4. The molecule has 0 spiro atoms. The second kappa shape index (κ2) is 9.59. The second-order valence-corrected chi connectivity index (χ2v) is 9.36. The Morgan fingerprint density at radius 3 is 2.88 bits per heavy atom. The molecule has 180 valence electrons. The van der Waals surface area contributed by atoms with Crippen LogP contribution in [0.15, 0.2) is 36.0 Å². The summed E-state index contributed by atoms with van der Waals surface area (Å²) in [5.41, 5.74) is 5.49. The first-order valence-corrected chi connectivity index (χ1v) is 11.0. The van der Waals surface area contributed by atoms with Crippen LogP contribution in [-0.4, -0.2) is 45.7 Å². The molecule has 0 bridgehead atoms. The number of carbonyl (C=O) groups is 1. The van der Waals surface area contributed by atoms with Crippen LogP contribution in [0.5, 0.6) is 0 Å². The lowest BCUT2D eigenvalue weighted by Gasteiger charge is -2.41. The first-order chi connectivity index (χ1) is 15.4. The SMILES string of the molecule is C=CCN(C(=O)OCC(C)(F)F)C1(C)Cc2c(c2=NNC(O)c2cccc(C)n2)CC(C)C1. The first kappa shape index (κ1) is 24.8. The molecule has 3 rings (SSSR count). The zero-order valence-corrected chi connectivity index (χ0v) is 19.6. The molecule has 3 atom stereocenters. The number of hydrogen-bond donors (Lipinski definition) is 2. The van der Waals surface area contributed by atoms with Gasteiger partial charge in [-0.05, 0) is 62.3 Å². The number of aryl methyl sites for hydroxylation is 1. The summed E-state index contributed by atoms with van der Waals surface area (Å²) in [4.78, 5) is 18.5. The number of pyridine rings is 1. The van der Waals surface area contributed by atoms with Gasteiger partial charge in [0, 0.05) is 24.7 Å². The Morgan fingerprint density at radius 2 is 2.24 bits per heavy atom. The number of hydrogen-bond acceptors (Lipinski definition) is 6. The third-order valence-corrected chi connectivity index (χ3v) is 5.89. The number of fused-ring (bicyclic) bond motifs is 1. The number of halogens is 2. The van der Waals surface area contributed by atoms with Gasteiger partial charge in [0.1, 0.15) is 0 Å². The molecule has 1 aromatic heterocycles. The van der Waals surface area contributed by atoms with Crippen molar-refractivity contribution in [2.24, 2.45) is 11.0 Å². The van der Waals surface area contributed by atoms with Gasteiger partial charge in [0.05, 0.1) is 11.1 Å². The van der Waals surface area contributed by atoms with E-state index in [1.54, 1.807) is 12.1 Å². The Bertz CT molecular complexity index is 1030. The third kappa shape index (κ3) is 6.16. The minimum atomic E-state index is -3.10. The highest BCUT2D eigenvalue weighted by Gasteiger charge is 2.43. The summed E-state index contributed by atoms with van der Waals surface area (Å²) >= 11 is 0. The van der Waals surface area contributed by atoms with Gasteiger partial charge < -0.3 is 9.84 Å². The largest absolute Gasteiger partial charge is 0.443 e. The molecular formula is C24H32F2N4O3. The summed E-state index contributed by atoms with van der Waals surface area (Å²) in [6.07, 6.45) is 1.72. The Hall–Kier alpha value is -2.81. The van der Waals surface area contributed by atoms with E-state index < -0.39 is 30.4 Å². The zero-order chi connectivity index (χ0) is 24.4. The Kier molecular flexibility index (Phi) is 7.21. The molecule has 2 N–H and O–H groups in total. The van der Waals surface area contributed by atoms with Crippen molar-refractivity contribution in [3.05, 3.63) is 58.7 Å². The molecule has 9 heteroatoms. The molecule has 0 saturated carbocycles. The maximum Gasteiger partial charge on any atom is 0.410 e. The van der Waals surface area contributed by atoms with Gasteiger partial charge in [0.25, 0.3) is 5.92 Å². The lowest BCUT2D eigenvalue weighted by Crippen LogP contribution is -2.52. The highest BCUT2D eigenvalue weighted by atomic mass is 19.3. The molecule has 1 amide bonds. The van der Waals surface area contributed by atoms with Crippen molar-refractivity contribution in [3.8, 4) is 0 Å². The highest BCUT2D eigenvalue weighted by molar-refractivity contribution is 5.69. The molecule has 3 unspecified atom stereocenters. The molecular weight excluding hydrogens is 430 g/mol. The average molecular weight is 463 g/mol. The standard InChI is InChI=1S/C24H32F2N4O3/c1-6-10-30(22(32)33-14-24(5,25)26)23(4)12-15(2)11-17-18(13-23)20(17)28-29-21(31)19-9-7-8-16(3)27-19/h6-9,15,21,29,31H,1,10-14H2,2-5H3. The molecule has 0 aliphatic heterocycles. The number of nitrogens with one attached hydrogen (secondary N) is 1. The van der Waals surface area contributed by atoms with Crippen molar-refractivity contribution in [1.82, 2.24) is 15.3 Å². The number of aliphatic hydroxyl groups is 1. The topological polar surface area (TPSA) is 87.1 Å². The fourth-order valence-corrected chi connectivity index (χ4v) is 4.45. The number of alkyl halides is 2. The van der Waals surface area contributed by atoms with Crippen LogP contribution in [0, 0.1) is 12.8 Å². The van der Waals surface area contributed by atoms with Crippen molar-refractivity contribution in [2.45, 2.75) is 64.6 Å². The number of nitrogens with zero attached hydrogens (tertiary/aromatic N) is 3. The average Bonchev–Trinajstić information content (AvgIpc) is 3.38. The van der Waals surface area contributed by atoms with E-state index in [-0.39, 0.29) is 12.5 Å². The van der Waals surface area contributed by atoms with E-state index in [1.807, 2.05) is 26.0 Å². The van der Waals surface area contributed by atoms with E-state index in [0.717, 1.165) is 28.6 Å². The van der Waals surface area contributed by atoms with Gasteiger partial charge in [0.2, 0.25) is 0 Å². The third-order valence-electron chi connectivity index (χ3n) is 5.89. The van der Waals surface area contributed by atoms with E-state index in [2.05, 4.69) is 29.0 Å². The van der Waals surface area contributed by atoms with Crippen molar-refractivity contribution in [1.29, 1.82) is 0 Å². The van der Waals surface area contributed by atoms with Gasteiger partial charge in [0.15, 0.2) is 12.8 Å². The minimum Gasteiger partial charge on any atom is -0.443 e. The van der Waals surface area contributed by atoms with Crippen LogP contribution in [0.1, 0.15) is 55.9 Å². The van der Waals surface area contributed by atoms with Crippen molar-refractivity contribution >= 4 is 6.09 Å². The lowest BCUT2D eigenvalue weighted by molar-refractivity contribution is -0.0516. The Balaban J connectivity index is 1.78. The number of rotatable bonds is 8. The maximum absolute atomic E-state index is 13.2. The van der Waals surface area contributed by atoms with Crippen LogP contribution in [-0.2, 0) is 17.6 Å². The monoisotopic (exact) mass is 462 g/mol. The fraction of sp³-hybridized carbons (Fsp3) is 0.542. The molecule has 1 aromatic carbocycles. The van der Waals surface area contributed by atoms with Crippen molar-refractivity contribution in [3.63, 3.8) is 0 Å². The van der Waals surface area contributed by atoms with Crippen LogP contribution in [0.2, 0.25) is 0 Å². The van der Waals surface area contributed by atoms with E-state index in [0.29, 0.717) is 25.5 Å². The van der Waals surface area contributed by atoms with Crippen LogP contribution in [0.25, 0.3) is 0 Å². The highest BCUT2D eigenvalue weighted by Crippen LogP contribution is 2.36. The molecule has 1 heterocycles. The van der Waals surface area contributed by atoms with Crippen LogP contribution < -0.4 is 10.8 Å². The second-order valence-electron chi connectivity index (χ2n) is 9.36. The molecule has 1 aliphatic carbocycles. The molecule has 0 saturated heterocycles. The van der Waals surface area contributed by atoms with E-state index in [4.69, 9.17) is 4.74 Å². The quantitative estimate of drug-likeness (QED) is 0.271. The smallest absolute Gasteiger partial charge is 0.410 e. The van der Waals surface area contributed by atoms with Crippen LogP contribution in [0.3, 0.4) is 0 Å². The number of carbonyl (C=O) groups excluding carboxylic acids is 1. The fourth-order valence-electron chi connectivity index (χ4n) is 4.45.